The highest BCUT2D eigenvalue weighted by Gasteiger charge is 2.25. The number of methoxy groups -OCH3 is 1. The highest BCUT2D eigenvalue weighted by atomic mass is 32.2. The largest absolute Gasteiger partial charge is 0.497 e. The van der Waals surface area contributed by atoms with E-state index in [9.17, 15) is 4.79 Å². The molecule has 0 aliphatic rings. The third-order valence-corrected chi connectivity index (χ3v) is 5.72. The minimum Gasteiger partial charge on any atom is -0.497 e. The number of hydrogen-bond donors (Lipinski definition) is 0. The van der Waals surface area contributed by atoms with Crippen molar-refractivity contribution in [2.45, 2.75) is 23.8 Å². The summed E-state index contributed by atoms with van der Waals surface area (Å²) in [4.78, 5) is 14.8. The zero-order chi connectivity index (χ0) is 21.5. The number of amides is 1. The second-order valence-corrected chi connectivity index (χ2v) is 7.90. The van der Waals surface area contributed by atoms with Gasteiger partial charge in [0.2, 0.25) is 5.91 Å². The molecule has 0 fully saturated rings. The number of ether oxygens (including phenoxy) is 1. The van der Waals surface area contributed by atoms with Crippen LogP contribution in [0.15, 0.2) is 59.8 Å². The number of aromatic nitrogens is 3. The number of rotatable bonds is 8. The van der Waals surface area contributed by atoms with Crippen molar-refractivity contribution in [1.29, 1.82) is 5.26 Å². The van der Waals surface area contributed by atoms with Crippen LogP contribution in [0.2, 0.25) is 0 Å². The molecule has 1 amide bonds. The van der Waals surface area contributed by atoms with E-state index in [2.05, 4.69) is 16.3 Å². The van der Waals surface area contributed by atoms with Crippen LogP contribution in [-0.2, 0) is 11.8 Å². The first-order valence-corrected chi connectivity index (χ1v) is 10.4. The van der Waals surface area contributed by atoms with Gasteiger partial charge < -0.3 is 14.2 Å². The van der Waals surface area contributed by atoms with Gasteiger partial charge >= 0.3 is 0 Å². The molecule has 8 heteroatoms. The number of carbonyl (C=O) groups excluding carboxylic acids is 1. The highest BCUT2D eigenvalue weighted by Crippen LogP contribution is 2.28. The van der Waals surface area contributed by atoms with Crippen LogP contribution >= 0.6 is 11.8 Å². The molecule has 0 aliphatic heterocycles. The van der Waals surface area contributed by atoms with Crippen LogP contribution in [0.3, 0.4) is 0 Å². The Kier molecular flexibility index (Phi) is 7.09. The van der Waals surface area contributed by atoms with E-state index in [1.807, 2.05) is 73.1 Å². The first kappa shape index (κ1) is 21.4. The third kappa shape index (κ3) is 4.81. The molecule has 0 saturated heterocycles. The zero-order valence-electron chi connectivity index (χ0n) is 17.1. The molecule has 3 rings (SSSR count). The third-order valence-electron chi connectivity index (χ3n) is 4.59. The van der Waals surface area contributed by atoms with Crippen molar-refractivity contribution in [3.63, 3.8) is 0 Å². The summed E-state index contributed by atoms with van der Waals surface area (Å²) in [7, 11) is 3.50. The Morgan fingerprint density at radius 3 is 2.53 bits per heavy atom. The van der Waals surface area contributed by atoms with Gasteiger partial charge in [-0.05, 0) is 43.3 Å². The van der Waals surface area contributed by atoms with E-state index in [-0.39, 0.29) is 12.3 Å². The highest BCUT2D eigenvalue weighted by molar-refractivity contribution is 8.00. The van der Waals surface area contributed by atoms with E-state index in [1.165, 1.54) is 11.8 Å². The summed E-state index contributed by atoms with van der Waals surface area (Å²) in [5.41, 5.74) is 1.69. The van der Waals surface area contributed by atoms with Crippen LogP contribution in [0.4, 0.5) is 5.69 Å². The first-order valence-electron chi connectivity index (χ1n) is 9.49. The van der Waals surface area contributed by atoms with E-state index in [1.54, 1.807) is 12.0 Å². The van der Waals surface area contributed by atoms with Crippen molar-refractivity contribution >= 4 is 23.4 Å². The number of nitrogens with zero attached hydrogens (tertiary/aromatic N) is 5. The second kappa shape index (κ2) is 9.94. The maximum Gasteiger partial charge on any atom is 0.240 e. The van der Waals surface area contributed by atoms with Gasteiger partial charge in [-0.2, -0.15) is 5.26 Å². The number of para-hydroxylation sites is 1. The molecule has 0 unspecified atom stereocenters. The number of thioether (sulfide) groups is 1. The van der Waals surface area contributed by atoms with Gasteiger partial charge in [-0.3, -0.25) is 4.79 Å². The predicted octanol–water partition coefficient (Wildman–Crippen LogP) is 3.92. The van der Waals surface area contributed by atoms with Crippen LogP contribution in [0.1, 0.15) is 13.3 Å². The zero-order valence-corrected chi connectivity index (χ0v) is 18.0. The fourth-order valence-corrected chi connectivity index (χ4v) is 3.85. The molecule has 0 saturated carbocycles. The van der Waals surface area contributed by atoms with Gasteiger partial charge in [0, 0.05) is 24.8 Å². The van der Waals surface area contributed by atoms with E-state index >= 15 is 0 Å². The number of anilines is 1. The van der Waals surface area contributed by atoms with Crippen LogP contribution in [0, 0.1) is 11.3 Å². The lowest BCUT2D eigenvalue weighted by atomic mass is 10.2. The van der Waals surface area contributed by atoms with E-state index in [0.29, 0.717) is 17.5 Å². The molecule has 2 aromatic carbocycles. The minimum absolute atomic E-state index is 0.0737. The molecule has 1 aromatic heterocycles. The lowest BCUT2D eigenvalue weighted by Crippen LogP contribution is -2.37. The summed E-state index contributed by atoms with van der Waals surface area (Å²) in [5, 5.41) is 17.8. The Hall–Kier alpha value is -3.31. The van der Waals surface area contributed by atoms with E-state index in [0.717, 1.165) is 17.0 Å². The summed E-state index contributed by atoms with van der Waals surface area (Å²) in [6.07, 6.45) is 0.267. The average molecular weight is 422 g/mol. The molecular weight excluding hydrogens is 398 g/mol. The van der Waals surface area contributed by atoms with E-state index in [4.69, 9.17) is 10.00 Å². The normalized spacial score (nSPS) is 11.5. The van der Waals surface area contributed by atoms with Crippen molar-refractivity contribution in [2.24, 2.45) is 7.05 Å². The Balaban J connectivity index is 1.77. The molecule has 0 aliphatic carbocycles. The van der Waals surface area contributed by atoms with Crippen molar-refractivity contribution in [2.75, 3.05) is 18.6 Å². The molecule has 0 radical (unpaired) electrons. The summed E-state index contributed by atoms with van der Waals surface area (Å²) >= 11 is 1.35. The number of benzene rings is 2. The van der Waals surface area contributed by atoms with Crippen molar-refractivity contribution in [3.05, 3.63) is 54.6 Å². The van der Waals surface area contributed by atoms with Gasteiger partial charge in [0.15, 0.2) is 11.0 Å². The number of carbonyl (C=O) groups is 1. The Morgan fingerprint density at radius 1 is 1.20 bits per heavy atom. The number of hydrogen-bond acceptors (Lipinski definition) is 6. The fraction of sp³-hybridized carbons (Fsp3) is 0.273. The average Bonchev–Trinajstić information content (AvgIpc) is 3.14. The molecule has 1 heterocycles. The van der Waals surface area contributed by atoms with E-state index < -0.39 is 5.25 Å². The SMILES string of the molecule is COc1ccc(-c2nnc(S[C@@H](C)C(=O)N(CCC#N)c3ccccc3)n2C)cc1. The van der Waals surface area contributed by atoms with Gasteiger partial charge in [-0.1, -0.05) is 30.0 Å². The Morgan fingerprint density at radius 2 is 1.90 bits per heavy atom. The molecule has 0 N–H and O–H groups in total. The molecular formula is C22H23N5O2S. The Bertz CT molecular complexity index is 1030. The van der Waals surface area contributed by atoms with Gasteiger partial charge in [-0.25, -0.2) is 0 Å². The van der Waals surface area contributed by atoms with Crippen molar-refractivity contribution in [3.8, 4) is 23.2 Å². The predicted molar refractivity (Wildman–Crippen MR) is 117 cm³/mol. The van der Waals surface area contributed by atoms with Crippen molar-refractivity contribution in [1.82, 2.24) is 14.8 Å². The first-order chi connectivity index (χ1) is 14.5. The smallest absolute Gasteiger partial charge is 0.240 e. The summed E-state index contributed by atoms with van der Waals surface area (Å²) in [6, 6.07) is 19.1. The van der Waals surface area contributed by atoms with Gasteiger partial charge in [-0.15, -0.1) is 10.2 Å². The maximum absolute atomic E-state index is 13.1. The van der Waals surface area contributed by atoms with Crippen LogP contribution in [-0.4, -0.2) is 39.6 Å². The standard InChI is InChI=1S/C22H23N5O2S/c1-16(21(28)27(15-7-14-23)18-8-5-4-6-9-18)30-22-25-24-20(26(22)2)17-10-12-19(29-3)13-11-17/h4-6,8-13,16H,7,15H2,1-3H3/t16-/m0/s1. The molecule has 3 aromatic rings. The second-order valence-electron chi connectivity index (χ2n) is 6.59. The van der Waals surface area contributed by atoms with Crippen LogP contribution in [0.5, 0.6) is 5.75 Å². The molecule has 1 atom stereocenters. The van der Waals surface area contributed by atoms with Crippen LogP contribution < -0.4 is 9.64 Å². The molecule has 0 spiro atoms. The molecule has 30 heavy (non-hydrogen) atoms. The molecule has 0 bridgehead atoms. The van der Waals surface area contributed by atoms with Gasteiger partial charge in [0.1, 0.15) is 5.75 Å². The van der Waals surface area contributed by atoms with Gasteiger partial charge in [0.25, 0.3) is 0 Å². The maximum atomic E-state index is 13.1. The molecule has 7 nitrogen and oxygen atoms in total. The van der Waals surface area contributed by atoms with Gasteiger partial charge in [0.05, 0.1) is 24.8 Å². The summed E-state index contributed by atoms with van der Waals surface area (Å²) in [6.45, 7) is 2.19. The summed E-state index contributed by atoms with van der Waals surface area (Å²) < 4.78 is 7.07. The lowest BCUT2D eigenvalue weighted by molar-refractivity contribution is -0.117. The minimum atomic E-state index is -0.393. The quantitative estimate of drug-likeness (QED) is 0.513. The molecule has 154 valence electrons. The summed E-state index contributed by atoms with van der Waals surface area (Å²) in [5.74, 6) is 1.41. The fourth-order valence-electron chi connectivity index (χ4n) is 2.97. The topological polar surface area (TPSA) is 84.0 Å². The number of nitriles is 1. The monoisotopic (exact) mass is 421 g/mol. The lowest BCUT2D eigenvalue weighted by Gasteiger charge is -2.24. The Labute approximate surface area is 180 Å². The van der Waals surface area contributed by atoms with Crippen LogP contribution in [0.25, 0.3) is 11.4 Å². The van der Waals surface area contributed by atoms with Crippen molar-refractivity contribution < 1.29 is 9.53 Å².